The number of unbranched alkanes of at least 4 members (excludes halogenated alkanes) is 1. The van der Waals surface area contributed by atoms with Crippen molar-refractivity contribution in [1.82, 2.24) is 0 Å². The Morgan fingerprint density at radius 2 is 1.80 bits per heavy atom. The number of rotatable bonds is 6. The van der Waals surface area contributed by atoms with E-state index in [2.05, 4.69) is 24.6 Å². The Labute approximate surface area is 70.2 Å². The van der Waals surface area contributed by atoms with Gasteiger partial charge in [0, 0.05) is 5.88 Å². The van der Waals surface area contributed by atoms with Crippen LogP contribution in [0.4, 0.5) is 0 Å². The van der Waals surface area contributed by atoms with Crippen LogP contribution in [0.2, 0.25) is 6.04 Å². The summed E-state index contributed by atoms with van der Waals surface area (Å²) >= 11 is 5.54. The largest absolute Gasteiger partial charge is 0.127 e. The summed E-state index contributed by atoms with van der Waals surface area (Å²) in [6.45, 7) is 7.54. The molecule has 0 bridgehead atoms. The minimum Gasteiger partial charge on any atom is -0.127 e. The van der Waals surface area contributed by atoms with Gasteiger partial charge in [0.1, 0.15) is 0 Å². The molecule has 2 heteroatoms. The topological polar surface area (TPSA) is 0 Å². The fraction of sp³-hybridized carbons (Fsp3) is 0.500. The molecule has 0 heterocycles. The van der Waals surface area contributed by atoms with Gasteiger partial charge in [0.05, 0.1) is 8.80 Å². The molecule has 0 aliphatic carbocycles. The van der Waals surface area contributed by atoms with Gasteiger partial charge in [-0.3, -0.25) is 0 Å². The summed E-state index contributed by atoms with van der Waals surface area (Å²) in [6.07, 6.45) is 2.37. The fourth-order valence-corrected chi connectivity index (χ4v) is 2.42. The van der Waals surface area contributed by atoms with Crippen molar-refractivity contribution in [2.45, 2.75) is 18.9 Å². The third-order valence-corrected chi connectivity index (χ3v) is 4.08. The second kappa shape index (κ2) is 7.10. The standard InChI is InChI=1S/C8H15ClSi/c1-3-10(4-2)8-6-5-7-9/h3-4,10H,1-2,5-8H2. The highest BCUT2D eigenvalue weighted by Gasteiger charge is 1.98. The Balaban J connectivity index is 3.25. The van der Waals surface area contributed by atoms with Crippen LogP contribution in [-0.4, -0.2) is 14.7 Å². The van der Waals surface area contributed by atoms with Crippen LogP contribution in [0.15, 0.2) is 24.6 Å². The predicted molar refractivity (Wildman–Crippen MR) is 52.3 cm³/mol. The van der Waals surface area contributed by atoms with Crippen LogP contribution in [0.1, 0.15) is 12.8 Å². The van der Waals surface area contributed by atoms with Crippen molar-refractivity contribution in [3.05, 3.63) is 24.6 Å². The Hall–Kier alpha value is -0.0131. The van der Waals surface area contributed by atoms with Crippen molar-refractivity contribution in [1.29, 1.82) is 0 Å². The molecule has 0 unspecified atom stereocenters. The third kappa shape index (κ3) is 4.83. The normalized spacial score (nSPS) is 9.80. The molecule has 0 nitrogen and oxygen atoms in total. The Morgan fingerprint density at radius 3 is 2.20 bits per heavy atom. The predicted octanol–water partition coefficient (Wildman–Crippen LogP) is 2.68. The van der Waals surface area contributed by atoms with E-state index in [1.165, 1.54) is 12.5 Å². The molecule has 0 fully saturated rings. The Kier molecular flexibility index (Phi) is 7.09. The average Bonchev–Trinajstić information content (AvgIpc) is 1.99. The van der Waals surface area contributed by atoms with Gasteiger partial charge in [0.15, 0.2) is 0 Å². The van der Waals surface area contributed by atoms with Crippen LogP contribution in [-0.2, 0) is 0 Å². The third-order valence-electron chi connectivity index (χ3n) is 1.53. The highest BCUT2D eigenvalue weighted by Crippen LogP contribution is 2.03. The lowest BCUT2D eigenvalue weighted by molar-refractivity contribution is 0.884. The van der Waals surface area contributed by atoms with Gasteiger partial charge in [-0.25, -0.2) is 0 Å². The van der Waals surface area contributed by atoms with Crippen LogP contribution in [0.5, 0.6) is 0 Å². The van der Waals surface area contributed by atoms with Crippen molar-refractivity contribution < 1.29 is 0 Å². The number of alkyl halides is 1. The van der Waals surface area contributed by atoms with E-state index in [1.807, 2.05) is 0 Å². The lowest BCUT2D eigenvalue weighted by Crippen LogP contribution is -2.03. The van der Waals surface area contributed by atoms with E-state index in [4.69, 9.17) is 11.6 Å². The lowest BCUT2D eigenvalue weighted by Gasteiger charge is -2.01. The van der Waals surface area contributed by atoms with E-state index in [-0.39, 0.29) is 0 Å². The van der Waals surface area contributed by atoms with Crippen LogP contribution in [0, 0.1) is 0 Å². The zero-order valence-electron chi connectivity index (χ0n) is 6.35. The van der Waals surface area contributed by atoms with Gasteiger partial charge in [-0.2, -0.15) is 0 Å². The highest BCUT2D eigenvalue weighted by molar-refractivity contribution is 6.69. The molecule has 0 saturated carbocycles. The molecule has 0 radical (unpaired) electrons. The maximum Gasteiger partial charge on any atom is 0.0838 e. The molecule has 0 amide bonds. The van der Waals surface area contributed by atoms with Crippen molar-refractivity contribution >= 4 is 20.4 Å². The van der Waals surface area contributed by atoms with Crippen LogP contribution in [0.3, 0.4) is 0 Å². The van der Waals surface area contributed by atoms with E-state index < -0.39 is 8.80 Å². The van der Waals surface area contributed by atoms with Crippen molar-refractivity contribution in [3.8, 4) is 0 Å². The lowest BCUT2D eigenvalue weighted by atomic mass is 10.4. The highest BCUT2D eigenvalue weighted by atomic mass is 35.5. The first-order chi connectivity index (χ1) is 4.85. The van der Waals surface area contributed by atoms with Crippen LogP contribution >= 0.6 is 11.6 Å². The molecule has 0 aromatic rings. The Morgan fingerprint density at radius 1 is 1.20 bits per heavy atom. The number of halogens is 1. The minimum atomic E-state index is -0.755. The SMILES string of the molecule is C=C[SiH](C=C)CCCCCl. The first-order valence-corrected chi connectivity index (χ1v) is 6.34. The van der Waals surface area contributed by atoms with Gasteiger partial charge in [-0.1, -0.05) is 12.5 Å². The van der Waals surface area contributed by atoms with Crippen molar-refractivity contribution in [2.75, 3.05) is 5.88 Å². The van der Waals surface area contributed by atoms with Gasteiger partial charge in [0.25, 0.3) is 0 Å². The molecule has 0 spiro atoms. The summed E-state index contributed by atoms with van der Waals surface area (Å²) in [5.41, 5.74) is 4.14. The van der Waals surface area contributed by atoms with Gasteiger partial charge in [-0.05, 0) is 6.42 Å². The van der Waals surface area contributed by atoms with Gasteiger partial charge >= 0.3 is 0 Å². The quantitative estimate of drug-likeness (QED) is 0.330. The number of hydrogen-bond donors (Lipinski definition) is 0. The second-order valence-corrected chi connectivity index (χ2v) is 5.55. The molecular formula is C8H15ClSi. The zero-order valence-corrected chi connectivity index (χ0v) is 8.26. The van der Waals surface area contributed by atoms with Gasteiger partial charge in [-0.15, -0.1) is 36.2 Å². The fourth-order valence-electron chi connectivity index (χ4n) is 0.806. The van der Waals surface area contributed by atoms with Crippen LogP contribution in [0.25, 0.3) is 0 Å². The summed E-state index contributed by atoms with van der Waals surface area (Å²) in [5.74, 6) is 0.787. The van der Waals surface area contributed by atoms with Crippen molar-refractivity contribution in [3.63, 3.8) is 0 Å². The maximum absolute atomic E-state index is 5.54. The molecule has 0 saturated heterocycles. The first kappa shape index (κ1) is 9.99. The van der Waals surface area contributed by atoms with Crippen LogP contribution < -0.4 is 0 Å². The number of hydrogen-bond acceptors (Lipinski definition) is 0. The van der Waals surface area contributed by atoms with Crippen molar-refractivity contribution in [2.24, 2.45) is 0 Å². The molecule has 10 heavy (non-hydrogen) atoms. The summed E-state index contributed by atoms with van der Waals surface area (Å²) in [5, 5.41) is 0. The average molecular weight is 175 g/mol. The smallest absolute Gasteiger partial charge is 0.0838 e. The van der Waals surface area contributed by atoms with Gasteiger partial charge < -0.3 is 0 Å². The monoisotopic (exact) mass is 174 g/mol. The summed E-state index contributed by atoms with van der Waals surface area (Å²) in [6, 6.07) is 1.28. The molecule has 0 aliphatic rings. The van der Waals surface area contributed by atoms with E-state index in [9.17, 15) is 0 Å². The molecule has 0 atom stereocenters. The molecule has 0 aromatic heterocycles. The van der Waals surface area contributed by atoms with E-state index in [1.54, 1.807) is 0 Å². The molecule has 58 valence electrons. The molecule has 0 aliphatic heterocycles. The van der Waals surface area contributed by atoms with Gasteiger partial charge in [0.2, 0.25) is 0 Å². The minimum absolute atomic E-state index is 0.755. The molecule has 0 N–H and O–H groups in total. The summed E-state index contributed by atoms with van der Waals surface area (Å²) in [4.78, 5) is 0. The summed E-state index contributed by atoms with van der Waals surface area (Å²) < 4.78 is 0. The Bertz CT molecular complexity index is 93.4. The molecular weight excluding hydrogens is 160 g/mol. The molecule has 0 rings (SSSR count). The van der Waals surface area contributed by atoms with E-state index >= 15 is 0 Å². The maximum atomic E-state index is 5.54. The second-order valence-electron chi connectivity index (χ2n) is 2.32. The molecule has 0 aromatic carbocycles. The van der Waals surface area contributed by atoms with E-state index in [0.717, 1.165) is 12.3 Å². The zero-order chi connectivity index (χ0) is 7.82. The first-order valence-electron chi connectivity index (χ1n) is 3.66. The van der Waals surface area contributed by atoms with E-state index in [0.29, 0.717) is 0 Å². The summed E-state index contributed by atoms with van der Waals surface area (Å²) in [7, 11) is -0.755.